The SMILES string of the molecule is Cc1ccc(OCc2ccc(C(=O)O)cc2)cn1. The van der Waals surface area contributed by atoms with Gasteiger partial charge in [-0.3, -0.25) is 4.98 Å². The number of carboxylic acids is 1. The smallest absolute Gasteiger partial charge is 0.335 e. The number of nitrogens with zero attached hydrogens (tertiary/aromatic N) is 1. The van der Waals surface area contributed by atoms with Crippen molar-refractivity contribution in [2.45, 2.75) is 13.5 Å². The summed E-state index contributed by atoms with van der Waals surface area (Å²) in [6.45, 7) is 2.30. The van der Waals surface area contributed by atoms with E-state index in [0.29, 0.717) is 12.4 Å². The van der Waals surface area contributed by atoms with Crippen LogP contribution in [0, 0.1) is 6.92 Å². The van der Waals surface area contributed by atoms with Crippen LogP contribution in [0.3, 0.4) is 0 Å². The Balaban J connectivity index is 1.97. The van der Waals surface area contributed by atoms with Gasteiger partial charge < -0.3 is 9.84 Å². The maximum Gasteiger partial charge on any atom is 0.335 e. The maximum atomic E-state index is 10.7. The molecule has 1 N–H and O–H groups in total. The summed E-state index contributed by atoms with van der Waals surface area (Å²) in [5.41, 5.74) is 2.13. The van der Waals surface area contributed by atoms with Gasteiger partial charge in [-0.25, -0.2) is 4.79 Å². The molecule has 92 valence electrons. The number of carbonyl (C=O) groups is 1. The van der Waals surface area contributed by atoms with Gasteiger partial charge in [0.15, 0.2) is 0 Å². The van der Waals surface area contributed by atoms with Crippen molar-refractivity contribution in [2.75, 3.05) is 0 Å². The van der Waals surface area contributed by atoms with Crippen molar-refractivity contribution in [3.63, 3.8) is 0 Å². The second-order valence-electron chi connectivity index (χ2n) is 3.93. The van der Waals surface area contributed by atoms with E-state index in [1.54, 1.807) is 30.5 Å². The van der Waals surface area contributed by atoms with Gasteiger partial charge >= 0.3 is 5.97 Å². The van der Waals surface area contributed by atoms with Crippen LogP contribution in [0.1, 0.15) is 21.6 Å². The molecule has 0 amide bonds. The fourth-order valence-corrected chi connectivity index (χ4v) is 1.45. The topological polar surface area (TPSA) is 59.4 Å². The minimum Gasteiger partial charge on any atom is -0.487 e. The molecule has 1 aromatic heterocycles. The van der Waals surface area contributed by atoms with E-state index in [9.17, 15) is 4.79 Å². The molecule has 18 heavy (non-hydrogen) atoms. The van der Waals surface area contributed by atoms with Crippen LogP contribution in [0.25, 0.3) is 0 Å². The zero-order valence-corrected chi connectivity index (χ0v) is 9.96. The third-order valence-corrected chi connectivity index (χ3v) is 2.49. The van der Waals surface area contributed by atoms with E-state index in [-0.39, 0.29) is 5.56 Å². The predicted octanol–water partition coefficient (Wildman–Crippen LogP) is 2.67. The van der Waals surface area contributed by atoms with Gasteiger partial charge in [-0.2, -0.15) is 0 Å². The third-order valence-electron chi connectivity index (χ3n) is 2.49. The summed E-state index contributed by atoms with van der Waals surface area (Å²) >= 11 is 0. The molecule has 0 aliphatic carbocycles. The van der Waals surface area contributed by atoms with Crippen molar-refractivity contribution in [3.8, 4) is 5.75 Å². The molecular weight excluding hydrogens is 230 g/mol. The number of rotatable bonds is 4. The molecule has 0 radical (unpaired) electrons. The van der Waals surface area contributed by atoms with Crippen LogP contribution in [0.15, 0.2) is 42.6 Å². The molecule has 1 heterocycles. The van der Waals surface area contributed by atoms with Gasteiger partial charge in [0, 0.05) is 5.69 Å². The molecule has 0 aliphatic rings. The first-order valence-electron chi connectivity index (χ1n) is 5.53. The zero-order chi connectivity index (χ0) is 13.0. The van der Waals surface area contributed by atoms with Gasteiger partial charge in [0.05, 0.1) is 11.8 Å². The monoisotopic (exact) mass is 243 g/mol. The number of benzene rings is 1. The van der Waals surface area contributed by atoms with E-state index < -0.39 is 5.97 Å². The van der Waals surface area contributed by atoms with Crippen LogP contribution in [0.5, 0.6) is 5.75 Å². The van der Waals surface area contributed by atoms with Gasteiger partial charge in [-0.05, 0) is 36.8 Å². The first kappa shape index (κ1) is 12.1. The summed E-state index contributed by atoms with van der Waals surface area (Å²) in [7, 11) is 0. The molecule has 1 aromatic carbocycles. The zero-order valence-electron chi connectivity index (χ0n) is 9.96. The van der Waals surface area contributed by atoms with Crippen LogP contribution in [0.2, 0.25) is 0 Å². The Hall–Kier alpha value is -2.36. The second kappa shape index (κ2) is 5.31. The van der Waals surface area contributed by atoms with Crippen molar-refractivity contribution >= 4 is 5.97 Å². The number of aryl methyl sites for hydroxylation is 1. The Morgan fingerprint density at radius 3 is 2.50 bits per heavy atom. The molecule has 2 aromatic rings. The van der Waals surface area contributed by atoms with Crippen LogP contribution in [-0.4, -0.2) is 16.1 Å². The number of carboxylic acid groups (broad SMARTS) is 1. The molecule has 0 saturated heterocycles. The molecule has 0 aliphatic heterocycles. The number of hydrogen-bond acceptors (Lipinski definition) is 3. The Kier molecular flexibility index (Phi) is 3.57. The highest BCUT2D eigenvalue weighted by Crippen LogP contribution is 2.12. The number of pyridine rings is 1. The van der Waals surface area contributed by atoms with Crippen LogP contribution < -0.4 is 4.74 Å². The number of aromatic carboxylic acids is 1. The minimum absolute atomic E-state index is 0.274. The molecular formula is C14H13NO3. The van der Waals surface area contributed by atoms with Crippen LogP contribution >= 0.6 is 0 Å². The highest BCUT2D eigenvalue weighted by Gasteiger charge is 2.02. The van der Waals surface area contributed by atoms with Crippen LogP contribution in [-0.2, 0) is 6.61 Å². The van der Waals surface area contributed by atoms with Crippen molar-refractivity contribution in [3.05, 3.63) is 59.4 Å². The van der Waals surface area contributed by atoms with E-state index in [4.69, 9.17) is 9.84 Å². The van der Waals surface area contributed by atoms with Crippen molar-refractivity contribution in [1.29, 1.82) is 0 Å². The molecule has 0 unspecified atom stereocenters. The van der Waals surface area contributed by atoms with E-state index in [1.807, 2.05) is 19.1 Å². The van der Waals surface area contributed by atoms with E-state index >= 15 is 0 Å². The molecule has 4 heteroatoms. The van der Waals surface area contributed by atoms with E-state index in [1.165, 1.54) is 0 Å². The molecule has 2 rings (SSSR count). The minimum atomic E-state index is -0.926. The lowest BCUT2D eigenvalue weighted by Gasteiger charge is -2.06. The third kappa shape index (κ3) is 3.07. The Labute approximate surface area is 105 Å². The fourth-order valence-electron chi connectivity index (χ4n) is 1.45. The van der Waals surface area contributed by atoms with Gasteiger partial charge in [0.25, 0.3) is 0 Å². The molecule has 0 saturated carbocycles. The quantitative estimate of drug-likeness (QED) is 0.896. The van der Waals surface area contributed by atoms with Crippen molar-refractivity contribution in [1.82, 2.24) is 4.98 Å². The average Bonchev–Trinajstić information content (AvgIpc) is 2.38. The van der Waals surface area contributed by atoms with Crippen molar-refractivity contribution < 1.29 is 14.6 Å². The van der Waals surface area contributed by atoms with Crippen LogP contribution in [0.4, 0.5) is 0 Å². The standard InChI is InChI=1S/C14H13NO3/c1-10-2-7-13(8-15-10)18-9-11-3-5-12(6-4-11)14(16)17/h2-8H,9H2,1H3,(H,16,17). The largest absolute Gasteiger partial charge is 0.487 e. The Morgan fingerprint density at radius 2 is 1.94 bits per heavy atom. The fraction of sp³-hybridized carbons (Fsp3) is 0.143. The van der Waals surface area contributed by atoms with Gasteiger partial charge in [0.1, 0.15) is 12.4 Å². The molecule has 0 spiro atoms. The first-order valence-corrected chi connectivity index (χ1v) is 5.53. The average molecular weight is 243 g/mol. The number of hydrogen-bond donors (Lipinski definition) is 1. The van der Waals surface area contributed by atoms with Crippen molar-refractivity contribution in [2.24, 2.45) is 0 Å². The lowest BCUT2D eigenvalue weighted by atomic mass is 10.1. The predicted molar refractivity (Wildman–Crippen MR) is 66.7 cm³/mol. The molecule has 0 fully saturated rings. The Morgan fingerprint density at radius 1 is 1.22 bits per heavy atom. The lowest BCUT2D eigenvalue weighted by molar-refractivity contribution is 0.0697. The lowest BCUT2D eigenvalue weighted by Crippen LogP contribution is -1.99. The van der Waals surface area contributed by atoms with Gasteiger partial charge in [0.2, 0.25) is 0 Å². The summed E-state index contributed by atoms with van der Waals surface area (Å²) in [5, 5.41) is 8.77. The highest BCUT2D eigenvalue weighted by molar-refractivity contribution is 5.87. The maximum absolute atomic E-state index is 10.7. The molecule has 0 atom stereocenters. The second-order valence-corrected chi connectivity index (χ2v) is 3.93. The summed E-state index contributed by atoms with van der Waals surface area (Å²) in [4.78, 5) is 14.8. The van der Waals surface area contributed by atoms with Gasteiger partial charge in [-0.15, -0.1) is 0 Å². The summed E-state index contributed by atoms with van der Waals surface area (Å²) in [6, 6.07) is 10.3. The molecule has 4 nitrogen and oxygen atoms in total. The number of ether oxygens (including phenoxy) is 1. The highest BCUT2D eigenvalue weighted by atomic mass is 16.5. The Bertz CT molecular complexity index is 532. The van der Waals surface area contributed by atoms with Gasteiger partial charge in [-0.1, -0.05) is 12.1 Å². The summed E-state index contributed by atoms with van der Waals surface area (Å²) < 4.78 is 5.54. The summed E-state index contributed by atoms with van der Waals surface area (Å²) in [6.07, 6.45) is 1.67. The molecule has 0 bridgehead atoms. The van der Waals surface area contributed by atoms with E-state index in [0.717, 1.165) is 11.3 Å². The normalized spacial score (nSPS) is 10.1. The van der Waals surface area contributed by atoms with E-state index in [2.05, 4.69) is 4.98 Å². The summed E-state index contributed by atoms with van der Waals surface area (Å²) in [5.74, 6) is -0.229. The number of aromatic nitrogens is 1. The first-order chi connectivity index (χ1) is 8.65.